The van der Waals surface area contributed by atoms with Crippen molar-refractivity contribution in [3.8, 4) is 0 Å². The molecule has 0 bridgehead atoms. The fourth-order valence-corrected chi connectivity index (χ4v) is 7.96. The Kier molecular flexibility index (Phi) is 6.09. The van der Waals surface area contributed by atoms with Crippen molar-refractivity contribution in [3.63, 3.8) is 0 Å². The van der Waals surface area contributed by atoms with Gasteiger partial charge in [-0.3, -0.25) is 0 Å². The van der Waals surface area contributed by atoms with E-state index in [-0.39, 0.29) is 41.5 Å². The topological polar surface area (TPSA) is 34.1 Å². The number of ketones is 2. The van der Waals surface area contributed by atoms with E-state index in [1.807, 2.05) is 72.8 Å². The number of carbonyl (C=O) groups excluding carboxylic acids is 2. The van der Waals surface area contributed by atoms with Gasteiger partial charge in [-0.25, -0.2) is 0 Å². The molecule has 1 aliphatic rings. The first-order chi connectivity index (χ1) is 15.5. The summed E-state index contributed by atoms with van der Waals surface area (Å²) in [5.74, 6) is -0.149. The van der Waals surface area contributed by atoms with Crippen molar-refractivity contribution in [1.29, 1.82) is 0 Å². The maximum atomic E-state index is 13.8. The van der Waals surface area contributed by atoms with E-state index in [9.17, 15) is 9.59 Å². The van der Waals surface area contributed by atoms with Gasteiger partial charge in [0.05, 0.1) is 0 Å². The van der Waals surface area contributed by atoms with Crippen LogP contribution in [0.1, 0.15) is 31.8 Å². The Morgan fingerprint density at radius 3 is 1.31 bits per heavy atom. The summed E-state index contributed by atoms with van der Waals surface area (Å²) in [5.41, 5.74) is 2.07. The van der Waals surface area contributed by atoms with Crippen LogP contribution in [0.15, 0.2) is 84.9 Å². The molecule has 32 heavy (non-hydrogen) atoms. The third-order valence-electron chi connectivity index (χ3n) is 5.08. The van der Waals surface area contributed by atoms with Crippen LogP contribution in [-0.2, 0) is 0 Å². The van der Waals surface area contributed by atoms with Crippen molar-refractivity contribution in [1.82, 2.24) is 0 Å². The molecule has 2 nitrogen and oxygen atoms in total. The van der Waals surface area contributed by atoms with Gasteiger partial charge in [-0.2, -0.15) is 0 Å². The second-order valence-corrected chi connectivity index (χ2v) is 12.7. The SMILES string of the molecule is O=C1c2cccc([Se]c3ccc(Cl)cc3)c2C(=O)c2c([Se]c3ccc(Cl)cc3)cccc21. The summed E-state index contributed by atoms with van der Waals surface area (Å²) in [6.45, 7) is 0. The summed E-state index contributed by atoms with van der Waals surface area (Å²) in [6.07, 6.45) is 0. The van der Waals surface area contributed by atoms with E-state index in [0.717, 1.165) is 17.8 Å². The summed E-state index contributed by atoms with van der Waals surface area (Å²) in [7, 11) is 0. The van der Waals surface area contributed by atoms with Gasteiger partial charge in [0.15, 0.2) is 0 Å². The number of fused-ring (bicyclic) bond motifs is 2. The quantitative estimate of drug-likeness (QED) is 0.303. The summed E-state index contributed by atoms with van der Waals surface area (Å²) in [4.78, 5) is 27.2. The second kappa shape index (κ2) is 9.00. The molecule has 0 atom stereocenters. The molecule has 1 aliphatic carbocycles. The number of hydrogen-bond donors (Lipinski definition) is 0. The van der Waals surface area contributed by atoms with Crippen molar-refractivity contribution in [2.45, 2.75) is 0 Å². The van der Waals surface area contributed by atoms with Crippen LogP contribution >= 0.6 is 23.2 Å². The molecule has 0 aliphatic heterocycles. The first-order valence-electron chi connectivity index (χ1n) is 9.73. The molecule has 0 unspecified atom stereocenters. The van der Waals surface area contributed by atoms with Crippen molar-refractivity contribution in [2.75, 3.05) is 0 Å². The van der Waals surface area contributed by atoms with Crippen molar-refractivity contribution in [3.05, 3.63) is 117 Å². The first-order valence-corrected chi connectivity index (χ1v) is 13.9. The molecule has 156 valence electrons. The van der Waals surface area contributed by atoms with Gasteiger partial charge >= 0.3 is 209 Å². The average Bonchev–Trinajstić information content (AvgIpc) is 2.80. The maximum absolute atomic E-state index is 13.8. The fraction of sp³-hybridized carbons (Fsp3) is 0. The van der Waals surface area contributed by atoms with E-state index >= 15 is 0 Å². The molecule has 4 aromatic carbocycles. The van der Waals surface area contributed by atoms with E-state index < -0.39 is 0 Å². The van der Waals surface area contributed by atoms with E-state index in [1.54, 1.807) is 12.1 Å². The molecule has 0 fully saturated rings. The molecule has 0 aromatic heterocycles. The fourth-order valence-electron chi connectivity index (χ4n) is 3.61. The number of hydrogen-bond acceptors (Lipinski definition) is 2. The van der Waals surface area contributed by atoms with E-state index in [1.165, 1.54) is 0 Å². The molecular weight excluding hydrogens is 573 g/mol. The Morgan fingerprint density at radius 2 is 0.906 bits per heavy atom. The molecular formula is C26H14Cl2O2Se2. The minimum absolute atomic E-state index is 0.0625. The first kappa shape index (κ1) is 21.7. The molecule has 4 aromatic rings. The molecule has 0 heterocycles. The van der Waals surface area contributed by atoms with Crippen molar-refractivity contribution < 1.29 is 9.59 Å². The Bertz CT molecular complexity index is 1260. The Balaban J connectivity index is 1.59. The monoisotopic (exact) mass is 588 g/mol. The molecule has 0 amide bonds. The van der Waals surface area contributed by atoms with Crippen LogP contribution in [0.4, 0.5) is 0 Å². The van der Waals surface area contributed by atoms with Gasteiger partial charge in [0.1, 0.15) is 0 Å². The van der Waals surface area contributed by atoms with Crippen LogP contribution in [0.3, 0.4) is 0 Å². The van der Waals surface area contributed by atoms with Crippen molar-refractivity contribution in [2.24, 2.45) is 0 Å². The second-order valence-electron chi connectivity index (χ2n) is 7.13. The molecule has 6 heteroatoms. The summed E-state index contributed by atoms with van der Waals surface area (Å²) < 4.78 is 4.02. The third kappa shape index (κ3) is 4.11. The van der Waals surface area contributed by atoms with Crippen LogP contribution < -0.4 is 17.8 Å². The van der Waals surface area contributed by atoms with Gasteiger partial charge in [-0.15, -0.1) is 0 Å². The van der Waals surface area contributed by atoms with Gasteiger partial charge < -0.3 is 0 Å². The number of benzene rings is 4. The Morgan fingerprint density at radius 1 is 0.500 bits per heavy atom. The Hall–Kier alpha value is -2.16. The van der Waals surface area contributed by atoms with Gasteiger partial charge in [-0.05, 0) is 0 Å². The molecule has 0 saturated heterocycles. The molecule has 0 saturated carbocycles. The molecule has 0 radical (unpaired) electrons. The molecule has 0 N–H and O–H groups in total. The standard InChI is InChI=1S/C26H14Cl2O2Se2/c27-15-7-11-17(12-8-15)31-21-5-1-3-19-23(21)26(30)24-20(25(19)29)4-2-6-22(24)32-18-13-9-16(28)10-14-18/h1-14H. The molecule has 0 spiro atoms. The van der Waals surface area contributed by atoms with Crippen LogP contribution in [0.5, 0.6) is 0 Å². The number of carbonyl (C=O) groups is 2. The summed E-state index contributed by atoms with van der Waals surface area (Å²) >= 11 is 11.8. The van der Waals surface area contributed by atoms with Crippen LogP contribution in [0.2, 0.25) is 10.0 Å². The average molecular weight is 587 g/mol. The third-order valence-corrected chi connectivity index (χ3v) is 10.1. The predicted molar refractivity (Wildman–Crippen MR) is 133 cm³/mol. The molecule has 5 rings (SSSR count). The van der Waals surface area contributed by atoms with Gasteiger partial charge in [0.2, 0.25) is 0 Å². The van der Waals surface area contributed by atoms with Crippen molar-refractivity contribution >= 4 is 82.5 Å². The van der Waals surface area contributed by atoms with Gasteiger partial charge in [0.25, 0.3) is 0 Å². The van der Waals surface area contributed by atoms with Crippen LogP contribution in [0.25, 0.3) is 0 Å². The Labute approximate surface area is 208 Å². The van der Waals surface area contributed by atoms with Gasteiger partial charge in [-0.1, -0.05) is 0 Å². The zero-order valence-electron chi connectivity index (χ0n) is 16.5. The summed E-state index contributed by atoms with van der Waals surface area (Å²) in [6, 6.07) is 26.5. The van der Waals surface area contributed by atoms with Crippen LogP contribution in [-0.4, -0.2) is 41.5 Å². The zero-order chi connectivity index (χ0) is 22.2. The normalized spacial score (nSPS) is 12.4. The van der Waals surface area contributed by atoms with Gasteiger partial charge in [0, 0.05) is 0 Å². The van der Waals surface area contributed by atoms with E-state index in [2.05, 4.69) is 0 Å². The summed E-state index contributed by atoms with van der Waals surface area (Å²) in [5, 5.41) is 1.35. The van der Waals surface area contributed by atoms with E-state index in [0.29, 0.717) is 32.3 Å². The predicted octanol–water partition coefficient (Wildman–Crippen LogP) is 3.08. The van der Waals surface area contributed by atoms with E-state index in [4.69, 9.17) is 23.2 Å². The number of rotatable bonds is 4. The zero-order valence-corrected chi connectivity index (χ0v) is 21.4. The minimum atomic E-state index is -0.125. The number of halogens is 2. The van der Waals surface area contributed by atoms with Crippen LogP contribution in [0, 0.1) is 0 Å².